The van der Waals surface area contributed by atoms with Crippen molar-refractivity contribution in [3.63, 3.8) is 0 Å². The number of hydrogen-bond acceptors (Lipinski definition) is 1. The van der Waals surface area contributed by atoms with Crippen molar-refractivity contribution in [1.82, 2.24) is 0 Å². The molecule has 0 rings (SSSR count). The zero-order chi connectivity index (χ0) is 14.3. The minimum atomic E-state index is 0.624. The first kappa shape index (κ1) is 17.9. The molecule has 0 radical (unpaired) electrons. The van der Waals surface area contributed by atoms with Crippen molar-refractivity contribution in [3.8, 4) is 0 Å². The van der Waals surface area contributed by atoms with Gasteiger partial charge in [-0.05, 0) is 24.3 Å². The topological polar surface area (TPSA) is 12.4 Å². The van der Waals surface area contributed by atoms with Gasteiger partial charge in [0.15, 0.2) is 0 Å². The van der Waals surface area contributed by atoms with E-state index < -0.39 is 0 Å². The molecule has 0 spiro atoms. The lowest BCUT2D eigenvalue weighted by Crippen LogP contribution is -2.06. The van der Waals surface area contributed by atoms with Gasteiger partial charge in [-0.1, -0.05) is 77.7 Å². The molecule has 0 heterocycles. The average molecular weight is 261 g/mol. The van der Waals surface area contributed by atoms with Gasteiger partial charge >= 0.3 is 0 Å². The molecule has 108 valence electrons. The third kappa shape index (κ3) is 9.47. The molecule has 1 unspecified atom stereocenters. The van der Waals surface area contributed by atoms with Crippen molar-refractivity contribution in [2.24, 2.45) is 10.9 Å². The van der Waals surface area contributed by atoms with E-state index in [-0.39, 0.29) is 0 Å². The summed E-state index contributed by atoms with van der Waals surface area (Å²) < 4.78 is 0. The first-order valence-electron chi connectivity index (χ1n) is 7.76. The molecule has 0 amide bonds. The normalized spacial score (nSPS) is 13.7. The van der Waals surface area contributed by atoms with Crippen LogP contribution in [-0.2, 0) is 0 Å². The van der Waals surface area contributed by atoms with Crippen LogP contribution in [0.15, 0.2) is 42.1 Å². The third-order valence-electron chi connectivity index (χ3n) is 3.42. The van der Waals surface area contributed by atoms with Crippen LogP contribution in [-0.4, -0.2) is 6.21 Å². The predicted octanol–water partition coefficient (Wildman–Crippen LogP) is 6.09. The molecule has 0 saturated heterocycles. The molecule has 0 aliphatic rings. The lowest BCUT2D eigenvalue weighted by atomic mass is 9.88. The van der Waals surface area contributed by atoms with Crippen LogP contribution in [0.1, 0.15) is 65.2 Å². The molecule has 0 fully saturated rings. The standard InChI is InChI=1S/C18H31N/c1-5-9-11-12-15-17(14-10-6-2)18(13-7-3)16-19-8-4/h7-8,13,16-17H,3-6,9-12,14-15H2,1-2H3/b18-13+,19-16-. The average Bonchev–Trinajstić information content (AvgIpc) is 2.43. The predicted molar refractivity (Wildman–Crippen MR) is 88.7 cm³/mol. The fraction of sp³-hybridized carbons (Fsp3) is 0.611. The van der Waals surface area contributed by atoms with Gasteiger partial charge in [0, 0.05) is 12.4 Å². The van der Waals surface area contributed by atoms with Crippen molar-refractivity contribution in [2.45, 2.75) is 65.2 Å². The van der Waals surface area contributed by atoms with Gasteiger partial charge in [-0.3, -0.25) is 4.99 Å². The van der Waals surface area contributed by atoms with Crippen LogP contribution in [0.5, 0.6) is 0 Å². The number of hydrogen-bond donors (Lipinski definition) is 0. The van der Waals surface area contributed by atoms with Gasteiger partial charge in [0.1, 0.15) is 0 Å². The summed E-state index contributed by atoms with van der Waals surface area (Å²) in [5.41, 5.74) is 1.31. The Bertz CT molecular complexity index is 286. The van der Waals surface area contributed by atoms with E-state index in [1.165, 1.54) is 56.9 Å². The van der Waals surface area contributed by atoms with Crippen molar-refractivity contribution >= 4 is 6.21 Å². The molecule has 1 nitrogen and oxygen atoms in total. The molecule has 0 bridgehead atoms. The summed E-state index contributed by atoms with van der Waals surface area (Å²) in [6.07, 6.45) is 17.9. The second-order valence-corrected chi connectivity index (χ2v) is 5.05. The Kier molecular flexibility index (Phi) is 12.5. The fourth-order valence-corrected chi connectivity index (χ4v) is 2.31. The van der Waals surface area contributed by atoms with E-state index in [1.54, 1.807) is 6.20 Å². The Balaban J connectivity index is 4.56. The summed E-state index contributed by atoms with van der Waals surface area (Å²) in [4.78, 5) is 4.19. The van der Waals surface area contributed by atoms with Gasteiger partial charge < -0.3 is 0 Å². The summed E-state index contributed by atoms with van der Waals surface area (Å²) in [6.45, 7) is 12.0. The van der Waals surface area contributed by atoms with Crippen LogP contribution in [0.2, 0.25) is 0 Å². The van der Waals surface area contributed by atoms with Gasteiger partial charge in [-0.15, -0.1) is 0 Å². The number of nitrogens with zero attached hydrogens (tertiary/aromatic N) is 1. The lowest BCUT2D eigenvalue weighted by molar-refractivity contribution is 0.475. The van der Waals surface area contributed by atoms with E-state index in [4.69, 9.17) is 0 Å². The van der Waals surface area contributed by atoms with Crippen LogP contribution in [0.3, 0.4) is 0 Å². The highest BCUT2D eigenvalue weighted by atomic mass is 14.7. The molecular formula is C18H31N. The number of rotatable bonds is 12. The van der Waals surface area contributed by atoms with E-state index in [0.717, 1.165) is 0 Å². The van der Waals surface area contributed by atoms with E-state index in [0.29, 0.717) is 5.92 Å². The van der Waals surface area contributed by atoms with E-state index in [9.17, 15) is 0 Å². The Morgan fingerprint density at radius 1 is 1.00 bits per heavy atom. The van der Waals surface area contributed by atoms with Crippen molar-refractivity contribution < 1.29 is 0 Å². The second kappa shape index (κ2) is 13.3. The zero-order valence-corrected chi connectivity index (χ0v) is 12.9. The van der Waals surface area contributed by atoms with Gasteiger partial charge in [0.05, 0.1) is 0 Å². The zero-order valence-electron chi connectivity index (χ0n) is 12.9. The maximum atomic E-state index is 4.19. The first-order valence-corrected chi connectivity index (χ1v) is 7.76. The molecule has 0 N–H and O–H groups in total. The van der Waals surface area contributed by atoms with Crippen LogP contribution < -0.4 is 0 Å². The molecule has 19 heavy (non-hydrogen) atoms. The molecule has 0 saturated carbocycles. The number of aliphatic imine (C=N–C) groups is 1. The van der Waals surface area contributed by atoms with Crippen molar-refractivity contribution in [1.29, 1.82) is 0 Å². The largest absolute Gasteiger partial charge is 0.265 e. The summed E-state index contributed by atoms with van der Waals surface area (Å²) in [7, 11) is 0. The molecule has 1 heteroatoms. The highest BCUT2D eigenvalue weighted by molar-refractivity contribution is 5.80. The van der Waals surface area contributed by atoms with E-state index >= 15 is 0 Å². The molecule has 0 aliphatic carbocycles. The number of allylic oxidation sites excluding steroid dienone is 3. The molecule has 0 aromatic heterocycles. The van der Waals surface area contributed by atoms with Crippen LogP contribution >= 0.6 is 0 Å². The molecular weight excluding hydrogens is 230 g/mol. The summed E-state index contributed by atoms with van der Waals surface area (Å²) >= 11 is 0. The Morgan fingerprint density at radius 3 is 2.26 bits per heavy atom. The minimum Gasteiger partial charge on any atom is -0.265 e. The van der Waals surface area contributed by atoms with E-state index in [2.05, 4.69) is 38.1 Å². The smallest absolute Gasteiger partial charge is 0.0302 e. The summed E-state index contributed by atoms with van der Waals surface area (Å²) in [6, 6.07) is 0. The molecule has 0 aromatic carbocycles. The number of unbranched alkanes of at least 4 members (excludes halogenated alkanes) is 4. The molecule has 0 aliphatic heterocycles. The highest BCUT2D eigenvalue weighted by Gasteiger charge is 2.11. The van der Waals surface area contributed by atoms with Crippen LogP contribution in [0.4, 0.5) is 0 Å². The van der Waals surface area contributed by atoms with E-state index in [1.807, 2.05) is 12.3 Å². The summed E-state index contributed by atoms with van der Waals surface area (Å²) in [5, 5.41) is 0. The van der Waals surface area contributed by atoms with Gasteiger partial charge in [0.25, 0.3) is 0 Å². The fourth-order valence-electron chi connectivity index (χ4n) is 2.31. The molecule has 1 atom stereocenters. The van der Waals surface area contributed by atoms with Crippen molar-refractivity contribution in [3.05, 3.63) is 37.1 Å². The Morgan fingerprint density at radius 2 is 1.68 bits per heavy atom. The summed E-state index contributed by atoms with van der Waals surface area (Å²) in [5.74, 6) is 0.624. The first-order chi connectivity index (χ1) is 9.29. The Hall–Kier alpha value is -1.11. The SMILES string of the molecule is C=C/C=C(\C=N/C=C)C(CCCC)CCCCCC. The maximum Gasteiger partial charge on any atom is 0.0302 e. The quantitative estimate of drug-likeness (QED) is 0.229. The van der Waals surface area contributed by atoms with Crippen LogP contribution in [0, 0.1) is 5.92 Å². The van der Waals surface area contributed by atoms with Gasteiger partial charge in [0.2, 0.25) is 0 Å². The van der Waals surface area contributed by atoms with Gasteiger partial charge in [-0.2, -0.15) is 0 Å². The van der Waals surface area contributed by atoms with Crippen LogP contribution in [0.25, 0.3) is 0 Å². The lowest BCUT2D eigenvalue weighted by Gasteiger charge is -2.17. The second-order valence-electron chi connectivity index (χ2n) is 5.05. The van der Waals surface area contributed by atoms with Crippen molar-refractivity contribution in [2.75, 3.05) is 0 Å². The van der Waals surface area contributed by atoms with Gasteiger partial charge in [-0.25, -0.2) is 0 Å². The molecule has 0 aromatic rings. The monoisotopic (exact) mass is 261 g/mol. The third-order valence-corrected chi connectivity index (χ3v) is 3.42. The highest BCUT2D eigenvalue weighted by Crippen LogP contribution is 2.24. The Labute approximate surface area is 120 Å². The minimum absolute atomic E-state index is 0.624. The maximum absolute atomic E-state index is 4.19.